The highest BCUT2D eigenvalue weighted by atomic mass is 35.5. The summed E-state index contributed by atoms with van der Waals surface area (Å²) < 4.78 is 13.5. The number of hydrogen-bond acceptors (Lipinski definition) is 1. The fourth-order valence-electron chi connectivity index (χ4n) is 1.75. The van der Waals surface area contributed by atoms with Gasteiger partial charge in [-0.3, -0.25) is 0 Å². The van der Waals surface area contributed by atoms with Crippen molar-refractivity contribution in [2.24, 2.45) is 0 Å². The predicted molar refractivity (Wildman–Crippen MR) is 51.6 cm³/mol. The summed E-state index contributed by atoms with van der Waals surface area (Å²) in [6, 6.07) is 4.84. The van der Waals surface area contributed by atoms with Crippen LogP contribution in [0, 0.1) is 5.82 Å². The van der Waals surface area contributed by atoms with Crippen molar-refractivity contribution in [3.8, 4) is 0 Å². The average molecular weight is 200 g/mol. The van der Waals surface area contributed by atoms with Crippen LogP contribution in [0.5, 0.6) is 0 Å². The molecule has 0 amide bonds. The standard InChI is InChI=1S/C10H11ClFN/c1-10(5-13-6-10)9-7(11)3-2-4-8(9)12/h2-4,13H,5-6H2,1H3. The van der Waals surface area contributed by atoms with Gasteiger partial charge in [-0.25, -0.2) is 4.39 Å². The zero-order valence-corrected chi connectivity index (χ0v) is 8.16. The van der Waals surface area contributed by atoms with Gasteiger partial charge < -0.3 is 5.32 Å². The molecule has 0 aliphatic carbocycles. The van der Waals surface area contributed by atoms with Crippen LogP contribution in [0.3, 0.4) is 0 Å². The molecule has 0 unspecified atom stereocenters. The highest BCUT2D eigenvalue weighted by molar-refractivity contribution is 6.31. The normalized spacial score (nSPS) is 19.6. The van der Waals surface area contributed by atoms with Crippen molar-refractivity contribution in [1.82, 2.24) is 5.32 Å². The molecule has 2 rings (SSSR count). The molecule has 70 valence electrons. The average Bonchev–Trinajstić information content (AvgIpc) is 2.01. The minimum Gasteiger partial charge on any atom is -0.315 e. The summed E-state index contributed by atoms with van der Waals surface area (Å²) in [6.07, 6.45) is 0. The summed E-state index contributed by atoms with van der Waals surface area (Å²) in [5.74, 6) is -0.198. The number of rotatable bonds is 1. The molecule has 0 radical (unpaired) electrons. The monoisotopic (exact) mass is 199 g/mol. The molecule has 1 nitrogen and oxygen atoms in total. The summed E-state index contributed by atoms with van der Waals surface area (Å²) in [5.41, 5.74) is 0.526. The van der Waals surface area contributed by atoms with Gasteiger partial charge in [-0.1, -0.05) is 24.6 Å². The van der Waals surface area contributed by atoms with E-state index in [9.17, 15) is 4.39 Å². The van der Waals surface area contributed by atoms with Gasteiger partial charge in [-0.05, 0) is 12.1 Å². The summed E-state index contributed by atoms with van der Waals surface area (Å²) in [4.78, 5) is 0. The number of benzene rings is 1. The van der Waals surface area contributed by atoms with Gasteiger partial charge in [0, 0.05) is 29.1 Å². The Morgan fingerprint density at radius 2 is 2.15 bits per heavy atom. The Hall–Kier alpha value is -0.600. The van der Waals surface area contributed by atoms with E-state index < -0.39 is 0 Å². The van der Waals surface area contributed by atoms with E-state index in [2.05, 4.69) is 5.32 Å². The number of halogens is 2. The van der Waals surface area contributed by atoms with E-state index in [-0.39, 0.29) is 11.2 Å². The maximum Gasteiger partial charge on any atom is 0.128 e. The predicted octanol–water partition coefficient (Wildman–Crippen LogP) is 2.34. The highest BCUT2D eigenvalue weighted by Gasteiger charge is 2.37. The molecule has 0 bridgehead atoms. The molecule has 0 saturated carbocycles. The third-order valence-electron chi connectivity index (χ3n) is 2.60. The van der Waals surface area contributed by atoms with Crippen molar-refractivity contribution in [2.45, 2.75) is 12.3 Å². The van der Waals surface area contributed by atoms with Gasteiger partial charge in [0.15, 0.2) is 0 Å². The first kappa shape index (κ1) is 8.97. The SMILES string of the molecule is CC1(c2c(F)cccc2Cl)CNC1. The van der Waals surface area contributed by atoms with Gasteiger partial charge in [0.25, 0.3) is 0 Å². The lowest BCUT2D eigenvalue weighted by Gasteiger charge is -2.40. The molecule has 0 spiro atoms. The van der Waals surface area contributed by atoms with Gasteiger partial charge in [-0.15, -0.1) is 0 Å². The van der Waals surface area contributed by atoms with E-state index in [0.29, 0.717) is 10.6 Å². The molecular formula is C10H11ClFN. The summed E-state index contributed by atoms with van der Waals surface area (Å²) in [5, 5.41) is 3.66. The summed E-state index contributed by atoms with van der Waals surface area (Å²) in [7, 11) is 0. The second kappa shape index (κ2) is 2.96. The van der Waals surface area contributed by atoms with Crippen molar-refractivity contribution in [3.63, 3.8) is 0 Å². The Bertz CT molecular complexity index is 313. The zero-order chi connectivity index (χ0) is 9.47. The minimum absolute atomic E-state index is 0.123. The highest BCUT2D eigenvalue weighted by Crippen LogP contribution is 2.34. The van der Waals surface area contributed by atoms with Crippen molar-refractivity contribution < 1.29 is 4.39 Å². The van der Waals surface area contributed by atoms with Gasteiger partial charge >= 0.3 is 0 Å². The maximum absolute atomic E-state index is 13.5. The van der Waals surface area contributed by atoms with E-state index in [1.165, 1.54) is 6.07 Å². The van der Waals surface area contributed by atoms with Gasteiger partial charge in [0.1, 0.15) is 5.82 Å². The molecule has 1 aromatic carbocycles. The Kier molecular flexibility index (Phi) is 2.05. The fraction of sp³-hybridized carbons (Fsp3) is 0.400. The first-order valence-corrected chi connectivity index (χ1v) is 4.66. The van der Waals surface area contributed by atoms with Crippen LogP contribution in [0.15, 0.2) is 18.2 Å². The Labute approximate surface area is 81.9 Å². The van der Waals surface area contributed by atoms with Crippen LogP contribution in [0.1, 0.15) is 12.5 Å². The van der Waals surface area contributed by atoms with Gasteiger partial charge in [-0.2, -0.15) is 0 Å². The molecule has 1 aliphatic rings. The Balaban J connectivity index is 2.49. The van der Waals surface area contributed by atoms with E-state index in [0.717, 1.165) is 13.1 Å². The summed E-state index contributed by atoms with van der Waals surface area (Å²) >= 11 is 5.96. The Morgan fingerprint density at radius 3 is 2.62 bits per heavy atom. The quantitative estimate of drug-likeness (QED) is 0.732. The lowest BCUT2D eigenvalue weighted by atomic mass is 9.77. The van der Waals surface area contributed by atoms with E-state index in [4.69, 9.17) is 11.6 Å². The van der Waals surface area contributed by atoms with Crippen LogP contribution in [-0.4, -0.2) is 13.1 Å². The largest absolute Gasteiger partial charge is 0.315 e. The van der Waals surface area contributed by atoms with Crippen LogP contribution in [-0.2, 0) is 5.41 Å². The fourth-order valence-corrected chi connectivity index (χ4v) is 2.14. The van der Waals surface area contributed by atoms with Crippen molar-refractivity contribution in [1.29, 1.82) is 0 Å². The molecule has 0 aromatic heterocycles. The minimum atomic E-state index is -0.198. The van der Waals surface area contributed by atoms with E-state index in [1.54, 1.807) is 12.1 Å². The summed E-state index contributed by atoms with van der Waals surface area (Å²) in [6.45, 7) is 3.62. The van der Waals surface area contributed by atoms with Crippen LogP contribution in [0.4, 0.5) is 4.39 Å². The van der Waals surface area contributed by atoms with Crippen LogP contribution >= 0.6 is 11.6 Å². The lowest BCUT2D eigenvalue weighted by molar-refractivity contribution is 0.295. The molecule has 3 heteroatoms. The van der Waals surface area contributed by atoms with Crippen LogP contribution < -0.4 is 5.32 Å². The molecule has 1 aromatic rings. The van der Waals surface area contributed by atoms with Crippen molar-refractivity contribution >= 4 is 11.6 Å². The second-order valence-corrected chi connectivity index (χ2v) is 4.17. The third kappa shape index (κ3) is 1.34. The maximum atomic E-state index is 13.5. The second-order valence-electron chi connectivity index (χ2n) is 3.76. The van der Waals surface area contributed by atoms with Crippen LogP contribution in [0.25, 0.3) is 0 Å². The van der Waals surface area contributed by atoms with Gasteiger partial charge in [0.05, 0.1) is 0 Å². The first-order chi connectivity index (χ1) is 6.13. The molecule has 1 heterocycles. The molecular weight excluding hydrogens is 189 g/mol. The lowest BCUT2D eigenvalue weighted by Crippen LogP contribution is -2.55. The van der Waals surface area contributed by atoms with E-state index in [1.807, 2.05) is 6.92 Å². The van der Waals surface area contributed by atoms with Crippen molar-refractivity contribution in [3.05, 3.63) is 34.6 Å². The molecule has 1 fully saturated rings. The first-order valence-electron chi connectivity index (χ1n) is 4.29. The Morgan fingerprint density at radius 1 is 1.46 bits per heavy atom. The van der Waals surface area contributed by atoms with E-state index >= 15 is 0 Å². The van der Waals surface area contributed by atoms with Crippen LogP contribution in [0.2, 0.25) is 5.02 Å². The third-order valence-corrected chi connectivity index (χ3v) is 2.91. The molecule has 0 atom stereocenters. The van der Waals surface area contributed by atoms with Gasteiger partial charge in [0.2, 0.25) is 0 Å². The molecule has 13 heavy (non-hydrogen) atoms. The molecule has 1 N–H and O–H groups in total. The molecule has 1 saturated heterocycles. The topological polar surface area (TPSA) is 12.0 Å². The number of hydrogen-bond donors (Lipinski definition) is 1. The van der Waals surface area contributed by atoms with Crippen molar-refractivity contribution in [2.75, 3.05) is 13.1 Å². The zero-order valence-electron chi connectivity index (χ0n) is 7.40. The smallest absolute Gasteiger partial charge is 0.128 e. The number of nitrogens with one attached hydrogen (secondary N) is 1. The molecule has 1 aliphatic heterocycles.